The van der Waals surface area contributed by atoms with Gasteiger partial charge in [-0.25, -0.2) is 0 Å². The molecule has 0 saturated heterocycles. The SMILES string of the molecule is CC(Oc1cccc(Cl)c1)C(=O)Nc1ccc(CO)cc1. The predicted octanol–water partition coefficient (Wildman–Crippen LogP) is 3.24. The molecule has 0 fully saturated rings. The fourth-order valence-electron chi connectivity index (χ4n) is 1.74. The Morgan fingerprint density at radius 2 is 2.00 bits per heavy atom. The molecule has 0 aliphatic rings. The number of halogens is 1. The molecule has 2 aromatic rings. The van der Waals surface area contributed by atoms with Crippen LogP contribution in [0.2, 0.25) is 5.02 Å². The van der Waals surface area contributed by atoms with Crippen molar-refractivity contribution < 1.29 is 14.6 Å². The van der Waals surface area contributed by atoms with E-state index in [1.165, 1.54) is 0 Å². The van der Waals surface area contributed by atoms with Gasteiger partial charge in [0, 0.05) is 10.7 Å². The topological polar surface area (TPSA) is 58.6 Å². The summed E-state index contributed by atoms with van der Waals surface area (Å²) in [5.41, 5.74) is 1.44. The maximum Gasteiger partial charge on any atom is 0.265 e. The largest absolute Gasteiger partial charge is 0.481 e. The minimum Gasteiger partial charge on any atom is -0.481 e. The van der Waals surface area contributed by atoms with Crippen LogP contribution in [0, 0.1) is 0 Å². The van der Waals surface area contributed by atoms with Gasteiger partial charge in [0.1, 0.15) is 5.75 Å². The predicted molar refractivity (Wildman–Crippen MR) is 82.5 cm³/mol. The van der Waals surface area contributed by atoms with Crippen molar-refractivity contribution in [3.63, 3.8) is 0 Å². The zero-order chi connectivity index (χ0) is 15.2. The number of hydrogen-bond acceptors (Lipinski definition) is 3. The van der Waals surface area contributed by atoms with E-state index in [1.54, 1.807) is 55.5 Å². The van der Waals surface area contributed by atoms with Crippen molar-refractivity contribution in [3.05, 3.63) is 59.1 Å². The van der Waals surface area contributed by atoms with E-state index in [4.69, 9.17) is 21.4 Å². The first kappa shape index (κ1) is 15.4. The Labute approximate surface area is 128 Å². The van der Waals surface area contributed by atoms with Crippen LogP contribution in [-0.4, -0.2) is 17.1 Å². The van der Waals surface area contributed by atoms with Crippen LogP contribution in [0.4, 0.5) is 5.69 Å². The Hall–Kier alpha value is -2.04. The van der Waals surface area contributed by atoms with Gasteiger partial charge in [-0.05, 0) is 42.8 Å². The number of aliphatic hydroxyl groups excluding tert-OH is 1. The van der Waals surface area contributed by atoms with Crippen LogP contribution in [-0.2, 0) is 11.4 Å². The summed E-state index contributed by atoms with van der Waals surface area (Å²) < 4.78 is 5.54. The number of rotatable bonds is 5. The Morgan fingerprint density at radius 1 is 1.29 bits per heavy atom. The number of amides is 1. The lowest BCUT2D eigenvalue weighted by Crippen LogP contribution is -2.30. The number of carbonyl (C=O) groups is 1. The van der Waals surface area contributed by atoms with Crippen molar-refractivity contribution >= 4 is 23.2 Å². The molecule has 1 unspecified atom stereocenters. The molecule has 0 saturated carbocycles. The highest BCUT2D eigenvalue weighted by Gasteiger charge is 2.14. The van der Waals surface area contributed by atoms with Crippen LogP contribution in [0.5, 0.6) is 5.75 Å². The monoisotopic (exact) mass is 305 g/mol. The van der Waals surface area contributed by atoms with Gasteiger partial charge in [-0.2, -0.15) is 0 Å². The van der Waals surface area contributed by atoms with Gasteiger partial charge >= 0.3 is 0 Å². The standard InChI is InChI=1S/C16H16ClNO3/c1-11(21-15-4-2-3-13(17)9-15)16(20)18-14-7-5-12(10-19)6-8-14/h2-9,11,19H,10H2,1H3,(H,18,20). The lowest BCUT2D eigenvalue weighted by molar-refractivity contribution is -0.122. The number of benzene rings is 2. The molecule has 2 N–H and O–H groups in total. The van der Waals surface area contributed by atoms with E-state index in [9.17, 15) is 4.79 Å². The molecule has 0 aromatic heterocycles. The Kier molecular flexibility index (Phi) is 5.20. The minimum absolute atomic E-state index is 0.0253. The molecule has 0 radical (unpaired) electrons. The number of carbonyl (C=O) groups excluding carboxylic acids is 1. The van der Waals surface area contributed by atoms with Crippen LogP contribution < -0.4 is 10.1 Å². The second-order valence-electron chi connectivity index (χ2n) is 4.56. The third-order valence-electron chi connectivity index (χ3n) is 2.88. The van der Waals surface area contributed by atoms with Crippen LogP contribution >= 0.6 is 11.6 Å². The number of aliphatic hydroxyl groups is 1. The van der Waals surface area contributed by atoms with E-state index in [-0.39, 0.29) is 12.5 Å². The number of hydrogen-bond donors (Lipinski definition) is 2. The molecular formula is C16H16ClNO3. The molecule has 2 rings (SSSR count). The summed E-state index contributed by atoms with van der Waals surface area (Å²) in [6.45, 7) is 1.64. The average molecular weight is 306 g/mol. The molecule has 0 bridgehead atoms. The van der Waals surface area contributed by atoms with Crippen LogP contribution in [0.15, 0.2) is 48.5 Å². The number of ether oxygens (including phenoxy) is 1. The average Bonchev–Trinajstić information content (AvgIpc) is 2.48. The zero-order valence-electron chi connectivity index (χ0n) is 11.5. The lowest BCUT2D eigenvalue weighted by Gasteiger charge is -2.15. The fourth-order valence-corrected chi connectivity index (χ4v) is 1.92. The van der Waals surface area contributed by atoms with E-state index in [0.29, 0.717) is 16.5 Å². The normalized spacial score (nSPS) is 11.8. The number of nitrogens with one attached hydrogen (secondary N) is 1. The Balaban J connectivity index is 1.95. The van der Waals surface area contributed by atoms with Crippen LogP contribution in [0.25, 0.3) is 0 Å². The third kappa shape index (κ3) is 4.48. The van der Waals surface area contributed by atoms with Gasteiger partial charge in [-0.3, -0.25) is 4.79 Å². The van der Waals surface area contributed by atoms with Gasteiger partial charge in [-0.15, -0.1) is 0 Å². The summed E-state index contributed by atoms with van der Waals surface area (Å²) >= 11 is 5.87. The smallest absolute Gasteiger partial charge is 0.265 e. The molecule has 0 aliphatic heterocycles. The van der Waals surface area contributed by atoms with E-state index in [0.717, 1.165) is 5.56 Å². The van der Waals surface area contributed by atoms with Crippen molar-refractivity contribution in [1.29, 1.82) is 0 Å². The van der Waals surface area contributed by atoms with E-state index < -0.39 is 6.10 Å². The molecule has 2 aromatic carbocycles. The summed E-state index contributed by atoms with van der Waals surface area (Å²) in [5, 5.41) is 12.3. The molecule has 21 heavy (non-hydrogen) atoms. The van der Waals surface area contributed by atoms with Gasteiger partial charge in [0.05, 0.1) is 6.61 Å². The maximum absolute atomic E-state index is 12.0. The molecule has 110 valence electrons. The zero-order valence-corrected chi connectivity index (χ0v) is 12.3. The van der Waals surface area contributed by atoms with Gasteiger partial charge in [0.15, 0.2) is 6.10 Å². The molecule has 4 nitrogen and oxygen atoms in total. The highest BCUT2D eigenvalue weighted by atomic mass is 35.5. The van der Waals surface area contributed by atoms with Crippen LogP contribution in [0.1, 0.15) is 12.5 Å². The first-order valence-electron chi connectivity index (χ1n) is 6.51. The van der Waals surface area contributed by atoms with Crippen LogP contribution in [0.3, 0.4) is 0 Å². The molecule has 1 amide bonds. The third-order valence-corrected chi connectivity index (χ3v) is 3.12. The Bertz CT molecular complexity index is 613. The van der Waals surface area contributed by atoms with Crippen molar-refractivity contribution in [2.45, 2.75) is 19.6 Å². The summed E-state index contributed by atoms with van der Waals surface area (Å²) in [5.74, 6) is 0.285. The molecular weight excluding hydrogens is 290 g/mol. The van der Waals surface area contributed by atoms with Crippen molar-refractivity contribution in [1.82, 2.24) is 0 Å². The maximum atomic E-state index is 12.0. The first-order valence-corrected chi connectivity index (χ1v) is 6.89. The van der Waals surface area contributed by atoms with E-state index >= 15 is 0 Å². The Morgan fingerprint density at radius 3 is 2.62 bits per heavy atom. The molecule has 0 spiro atoms. The molecule has 0 heterocycles. The summed E-state index contributed by atoms with van der Waals surface area (Å²) in [6, 6.07) is 13.9. The molecule has 0 aliphatic carbocycles. The first-order chi connectivity index (χ1) is 10.1. The van der Waals surface area contributed by atoms with Crippen molar-refractivity contribution in [3.8, 4) is 5.75 Å². The minimum atomic E-state index is -0.652. The van der Waals surface area contributed by atoms with Crippen molar-refractivity contribution in [2.24, 2.45) is 0 Å². The summed E-state index contributed by atoms with van der Waals surface area (Å²) in [6.07, 6.45) is -0.652. The van der Waals surface area contributed by atoms with Gasteiger partial charge in [-0.1, -0.05) is 29.8 Å². The summed E-state index contributed by atoms with van der Waals surface area (Å²) in [4.78, 5) is 12.0. The second-order valence-corrected chi connectivity index (χ2v) is 5.00. The van der Waals surface area contributed by atoms with Gasteiger partial charge < -0.3 is 15.2 Å². The fraction of sp³-hybridized carbons (Fsp3) is 0.188. The van der Waals surface area contributed by atoms with E-state index in [2.05, 4.69) is 5.32 Å². The second kappa shape index (κ2) is 7.11. The molecule has 5 heteroatoms. The number of anilines is 1. The highest BCUT2D eigenvalue weighted by molar-refractivity contribution is 6.30. The molecule has 1 atom stereocenters. The van der Waals surface area contributed by atoms with Gasteiger partial charge in [0.25, 0.3) is 5.91 Å². The quantitative estimate of drug-likeness (QED) is 0.891. The highest BCUT2D eigenvalue weighted by Crippen LogP contribution is 2.19. The lowest BCUT2D eigenvalue weighted by atomic mass is 10.2. The summed E-state index contributed by atoms with van der Waals surface area (Å²) in [7, 11) is 0. The van der Waals surface area contributed by atoms with E-state index in [1.807, 2.05) is 0 Å². The van der Waals surface area contributed by atoms with Gasteiger partial charge in [0.2, 0.25) is 0 Å². The van der Waals surface area contributed by atoms with Crippen molar-refractivity contribution in [2.75, 3.05) is 5.32 Å².